The highest BCUT2D eigenvalue weighted by Gasteiger charge is 2.51. The monoisotopic (exact) mass is 370 g/mol. The number of amides is 2. The standard InChI is InChI=1S/C18H21F3N2O3/c1-9-7-12(18(19,20)21)4-6-14(9)22-16(25)15-11-3-5-13(8-11)23(15)17(26)10(2)24/h4,6-7,10-11,13,15,24H,3,5,8H2,1-2H3,(H,22,25)/t10-,11-,13+,15+/m0/s1. The Morgan fingerprint density at radius 1 is 1.31 bits per heavy atom. The molecule has 0 unspecified atom stereocenters. The van der Waals surface area contributed by atoms with Gasteiger partial charge in [-0.1, -0.05) is 0 Å². The van der Waals surface area contributed by atoms with Gasteiger partial charge < -0.3 is 15.3 Å². The van der Waals surface area contributed by atoms with E-state index in [2.05, 4.69) is 5.32 Å². The predicted octanol–water partition coefficient (Wildman–Crippen LogP) is 2.71. The van der Waals surface area contributed by atoms with Crippen molar-refractivity contribution in [2.24, 2.45) is 5.92 Å². The van der Waals surface area contributed by atoms with Gasteiger partial charge in [0.05, 0.1) is 5.56 Å². The van der Waals surface area contributed by atoms with E-state index in [4.69, 9.17) is 0 Å². The minimum absolute atomic E-state index is 0.0115. The maximum Gasteiger partial charge on any atom is 0.416 e. The highest BCUT2D eigenvalue weighted by molar-refractivity contribution is 5.99. The van der Waals surface area contributed by atoms with Gasteiger partial charge in [0, 0.05) is 11.7 Å². The Morgan fingerprint density at radius 3 is 2.58 bits per heavy atom. The third-order valence-corrected chi connectivity index (χ3v) is 5.28. The molecule has 1 aliphatic heterocycles. The van der Waals surface area contributed by atoms with Crippen molar-refractivity contribution in [3.8, 4) is 0 Å². The molecule has 2 fully saturated rings. The fraction of sp³-hybridized carbons (Fsp3) is 0.556. The molecule has 2 bridgehead atoms. The molecule has 2 amide bonds. The number of hydrogen-bond donors (Lipinski definition) is 2. The first-order valence-electron chi connectivity index (χ1n) is 8.58. The second-order valence-electron chi connectivity index (χ2n) is 7.11. The van der Waals surface area contributed by atoms with E-state index in [0.29, 0.717) is 12.0 Å². The van der Waals surface area contributed by atoms with Crippen molar-refractivity contribution in [2.75, 3.05) is 5.32 Å². The van der Waals surface area contributed by atoms with Gasteiger partial charge in [-0.3, -0.25) is 9.59 Å². The number of aliphatic hydroxyl groups is 1. The van der Waals surface area contributed by atoms with Crippen molar-refractivity contribution in [3.63, 3.8) is 0 Å². The van der Waals surface area contributed by atoms with Crippen molar-refractivity contribution >= 4 is 17.5 Å². The van der Waals surface area contributed by atoms with Gasteiger partial charge in [-0.05, 0) is 62.8 Å². The summed E-state index contributed by atoms with van der Waals surface area (Å²) >= 11 is 0. The van der Waals surface area contributed by atoms with Gasteiger partial charge in [0.15, 0.2) is 0 Å². The fourth-order valence-corrected chi connectivity index (χ4v) is 4.05. The Hall–Kier alpha value is -2.09. The number of aliphatic hydroxyl groups excluding tert-OH is 1. The molecule has 26 heavy (non-hydrogen) atoms. The summed E-state index contributed by atoms with van der Waals surface area (Å²) in [6.45, 7) is 2.85. The molecule has 0 spiro atoms. The van der Waals surface area contributed by atoms with Gasteiger partial charge in [0.2, 0.25) is 5.91 Å². The second-order valence-corrected chi connectivity index (χ2v) is 7.11. The number of fused-ring (bicyclic) bond motifs is 2. The van der Waals surface area contributed by atoms with E-state index in [-0.39, 0.29) is 17.6 Å². The number of carbonyl (C=O) groups excluding carboxylic acids is 2. The molecule has 1 aromatic rings. The van der Waals surface area contributed by atoms with Crippen LogP contribution in [0.4, 0.5) is 18.9 Å². The highest BCUT2D eigenvalue weighted by atomic mass is 19.4. The van der Waals surface area contributed by atoms with Crippen LogP contribution in [-0.2, 0) is 15.8 Å². The van der Waals surface area contributed by atoms with Crippen LogP contribution in [0.5, 0.6) is 0 Å². The predicted molar refractivity (Wildman–Crippen MR) is 88.3 cm³/mol. The van der Waals surface area contributed by atoms with Crippen LogP contribution >= 0.6 is 0 Å². The van der Waals surface area contributed by atoms with Gasteiger partial charge in [-0.2, -0.15) is 13.2 Å². The number of hydrogen-bond acceptors (Lipinski definition) is 3. The van der Waals surface area contributed by atoms with Gasteiger partial charge in [0.1, 0.15) is 12.1 Å². The first-order valence-corrected chi connectivity index (χ1v) is 8.58. The molecule has 1 aliphatic carbocycles. The number of rotatable bonds is 3. The number of anilines is 1. The van der Waals surface area contributed by atoms with Crippen LogP contribution in [-0.4, -0.2) is 40.0 Å². The third kappa shape index (κ3) is 3.30. The fourth-order valence-electron chi connectivity index (χ4n) is 4.05. The molecule has 4 atom stereocenters. The van der Waals surface area contributed by atoms with E-state index < -0.39 is 35.7 Å². The molecule has 3 rings (SSSR count). The summed E-state index contributed by atoms with van der Waals surface area (Å²) in [4.78, 5) is 26.5. The summed E-state index contributed by atoms with van der Waals surface area (Å²) in [5, 5.41) is 12.3. The van der Waals surface area contributed by atoms with Crippen LogP contribution in [0.3, 0.4) is 0 Å². The summed E-state index contributed by atoms with van der Waals surface area (Å²) in [7, 11) is 0. The summed E-state index contributed by atoms with van der Waals surface area (Å²) in [5.41, 5.74) is -0.196. The number of aryl methyl sites for hydroxylation is 1. The zero-order valence-electron chi connectivity index (χ0n) is 14.5. The molecule has 1 heterocycles. The van der Waals surface area contributed by atoms with Crippen LogP contribution in [0.2, 0.25) is 0 Å². The van der Waals surface area contributed by atoms with E-state index in [1.807, 2.05) is 0 Å². The van der Waals surface area contributed by atoms with Crippen molar-refractivity contribution < 1.29 is 27.9 Å². The molecule has 0 radical (unpaired) electrons. The van der Waals surface area contributed by atoms with Crippen molar-refractivity contribution in [2.45, 2.75) is 57.5 Å². The largest absolute Gasteiger partial charge is 0.416 e. The summed E-state index contributed by atoms with van der Waals surface area (Å²) < 4.78 is 38.3. The number of halogens is 3. The second kappa shape index (κ2) is 6.57. The molecule has 1 saturated carbocycles. The Bertz CT molecular complexity index is 733. The average molecular weight is 370 g/mol. The molecule has 5 nitrogen and oxygen atoms in total. The summed E-state index contributed by atoms with van der Waals surface area (Å²) in [5.74, 6) is -0.895. The van der Waals surface area contributed by atoms with Crippen LogP contribution in [0, 0.1) is 12.8 Å². The Balaban J connectivity index is 1.80. The Labute approximate surface area is 149 Å². The van der Waals surface area contributed by atoms with Crippen LogP contribution < -0.4 is 5.32 Å². The van der Waals surface area contributed by atoms with E-state index in [1.54, 1.807) is 0 Å². The van der Waals surface area contributed by atoms with E-state index in [0.717, 1.165) is 25.0 Å². The topological polar surface area (TPSA) is 69.6 Å². The minimum atomic E-state index is -4.45. The molecule has 8 heteroatoms. The molecular formula is C18H21F3N2O3. The molecule has 1 aromatic carbocycles. The number of carbonyl (C=O) groups is 2. The van der Waals surface area contributed by atoms with Crippen molar-refractivity contribution in [1.82, 2.24) is 4.90 Å². The van der Waals surface area contributed by atoms with E-state index in [9.17, 15) is 27.9 Å². The van der Waals surface area contributed by atoms with Gasteiger partial charge in [-0.15, -0.1) is 0 Å². The Kier molecular flexibility index (Phi) is 4.72. The first kappa shape index (κ1) is 18.7. The average Bonchev–Trinajstić information content (AvgIpc) is 3.15. The summed E-state index contributed by atoms with van der Waals surface area (Å²) in [6.07, 6.45) is -3.32. The zero-order valence-corrected chi connectivity index (χ0v) is 14.5. The lowest BCUT2D eigenvalue weighted by molar-refractivity contribution is -0.147. The lowest BCUT2D eigenvalue weighted by atomic mass is 9.97. The maximum absolute atomic E-state index is 12.8. The quantitative estimate of drug-likeness (QED) is 0.860. The number of nitrogens with zero attached hydrogens (tertiary/aromatic N) is 1. The summed E-state index contributed by atoms with van der Waals surface area (Å²) in [6, 6.07) is 2.37. The molecule has 2 N–H and O–H groups in total. The lowest BCUT2D eigenvalue weighted by Crippen LogP contribution is -2.53. The Morgan fingerprint density at radius 2 is 2.00 bits per heavy atom. The normalized spacial score (nSPS) is 26.1. The molecule has 0 aromatic heterocycles. The van der Waals surface area contributed by atoms with Crippen molar-refractivity contribution in [1.29, 1.82) is 0 Å². The van der Waals surface area contributed by atoms with E-state index in [1.165, 1.54) is 24.8 Å². The van der Waals surface area contributed by atoms with E-state index >= 15 is 0 Å². The van der Waals surface area contributed by atoms with Gasteiger partial charge in [0.25, 0.3) is 5.91 Å². The number of nitrogens with one attached hydrogen (secondary N) is 1. The van der Waals surface area contributed by atoms with Crippen LogP contribution in [0.25, 0.3) is 0 Å². The number of benzene rings is 1. The zero-order chi connectivity index (χ0) is 19.2. The van der Waals surface area contributed by atoms with Crippen LogP contribution in [0.15, 0.2) is 18.2 Å². The lowest BCUT2D eigenvalue weighted by Gasteiger charge is -2.35. The number of alkyl halides is 3. The van der Waals surface area contributed by atoms with Crippen LogP contribution in [0.1, 0.15) is 37.3 Å². The molecule has 142 valence electrons. The van der Waals surface area contributed by atoms with Crippen molar-refractivity contribution in [3.05, 3.63) is 29.3 Å². The third-order valence-electron chi connectivity index (χ3n) is 5.28. The minimum Gasteiger partial charge on any atom is -0.384 e. The SMILES string of the molecule is Cc1cc(C(F)(F)F)ccc1NC(=O)[C@H]1[C@H]2CC[C@H](C2)N1C(=O)[C@H](C)O. The molecule has 1 saturated heterocycles. The molecular weight excluding hydrogens is 349 g/mol. The highest BCUT2D eigenvalue weighted by Crippen LogP contribution is 2.43. The number of likely N-dealkylation sites (tertiary alicyclic amines) is 1. The van der Waals surface area contributed by atoms with Gasteiger partial charge >= 0.3 is 6.18 Å². The first-order chi connectivity index (χ1) is 12.1. The number of piperidine rings is 1. The smallest absolute Gasteiger partial charge is 0.384 e. The van der Waals surface area contributed by atoms with Gasteiger partial charge in [-0.25, -0.2) is 0 Å². The maximum atomic E-state index is 12.8. The molecule has 2 aliphatic rings.